The largest absolute Gasteiger partial charge is 0.418 e. The highest BCUT2D eigenvalue weighted by molar-refractivity contribution is 7.34. The van der Waals surface area contributed by atoms with Gasteiger partial charge in [-0.15, -0.1) is 0 Å². The van der Waals surface area contributed by atoms with Crippen molar-refractivity contribution in [1.29, 1.82) is 0 Å². The van der Waals surface area contributed by atoms with E-state index >= 15 is 0 Å². The molecule has 0 unspecified atom stereocenters. The fraction of sp³-hybridized carbons (Fsp3) is 0.143. The first-order valence-electron chi connectivity index (χ1n) is 5.66. The van der Waals surface area contributed by atoms with Gasteiger partial charge < -0.3 is 9.05 Å². The van der Waals surface area contributed by atoms with Gasteiger partial charge in [0.1, 0.15) is 11.5 Å². The molecule has 2 aromatic rings. The van der Waals surface area contributed by atoms with Crippen molar-refractivity contribution in [2.24, 2.45) is 0 Å². The fourth-order valence-electron chi connectivity index (χ4n) is 1.43. The highest BCUT2D eigenvalue weighted by atomic mass is 31.1. The molecule has 18 heavy (non-hydrogen) atoms. The molecule has 0 spiro atoms. The highest BCUT2D eigenvalue weighted by Crippen LogP contribution is 2.30. The Morgan fingerprint density at radius 3 is 1.39 bits per heavy atom. The maximum atomic E-state index is 11.7. The molecule has 0 atom stereocenters. The minimum absolute atomic E-state index is 0.552. The van der Waals surface area contributed by atoms with E-state index in [4.69, 9.17) is 9.05 Å². The van der Waals surface area contributed by atoms with E-state index in [1.807, 2.05) is 38.1 Å². The SMILES string of the molecule is Cc1ccc(O[PH](=O)Oc2ccc(C)cc2)cc1. The minimum atomic E-state index is -2.57. The molecule has 0 heterocycles. The third-order valence-corrected chi connectivity index (χ3v) is 3.25. The zero-order valence-corrected chi connectivity index (χ0v) is 11.3. The van der Waals surface area contributed by atoms with Gasteiger partial charge in [0.25, 0.3) is 0 Å². The molecule has 4 heteroatoms. The lowest BCUT2D eigenvalue weighted by atomic mass is 10.2. The Hall–Kier alpha value is -1.73. The maximum Gasteiger partial charge on any atom is 0.418 e. The summed E-state index contributed by atoms with van der Waals surface area (Å²) >= 11 is 0. The van der Waals surface area contributed by atoms with Crippen LogP contribution < -0.4 is 9.05 Å². The summed E-state index contributed by atoms with van der Waals surface area (Å²) in [6, 6.07) is 14.7. The summed E-state index contributed by atoms with van der Waals surface area (Å²) < 4.78 is 22.1. The van der Waals surface area contributed by atoms with Crippen LogP contribution in [-0.4, -0.2) is 0 Å². The third kappa shape index (κ3) is 3.64. The smallest absolute Gasteiger partial charge is 0.418 e. The molecule has 0 aliphatic carbocycles. The Morgan fingerprint density at radius 2 is 1.06 bits per heavy atom. The van der Waals surface area contributed by atoms with Crippen molar-refractivity contribution in [2.75, 3.05) is 0 Å². The molecular formula is C14H15O3P. The Balaban J connectivity index is 1.96. The van der Waals surface area contributed by atoms with Gasteiger partial charge in [0, 0.05) is 0 Å². The Labute approximate surface area is 107 Å². The van der Waals surface area contributed by atoms with Gasteiger partial charge in [0.2, 0.25) is 0 Å². The lowest BCUT2D eigenvalue weighted by Crippen LogP contribution is -1.89. The number of hydrogen-bond acceptors (Lipinski definition) is 3. The molecule has 0 saturated carbocycles. The summed E-state index contributed by atoms with van der Waals surface area (Å²) in [7, 11) is -2.57. The molecule has 0 N–H and O–H groups in total. The fourth-order valence-corrected chi connectivity index (χ4v) is 2.12. The summed E-state index contributed by atoms with van der Waals surface area (Å²) in [6.45, 7) is 3.96. The van der Waals surface area contributed by atoms with Gasteiger partial charge in [-0.1, -0.05) is 35.4 Å². The number of benzene rings is 2. The molecule has 0 saturated heterocycles. The standard InChI is InChI=1S/C14H15O3P/c1-11-3-7-13(8-4-11)16-18(15)17-14-9-5-12(2)6-10-14/h3-10,18H,1-2H3. The van der Waals surface area contributed by atoms with Crippen LogP contribution in [0.15, 0.2) is 48.5 Å². The summed E-state index contributed by atoms with van der Waals surface area (Å²) in [4.78, 5) is 0. The first kappa shape index (κ1) is 12.7. The second kappa shape index (κ2) is 5.74. The lowest BCUT2D eigenvalue weighted by molar-refractivity contribution is 0.415. The quantitative estimate of drug-likeness (QED) is 0.776. The molecule has 0 fully saturated rings. The van der Waals surface area contributed by atoms with E-state index in [9.17, 15) is 4.57 Å². The zero-order valence-electron chi connectivity index (χ0n) is 10.3. The van der Waals surface area contributed by atoms with E-state index in [1.54, 1.807) is 24.3 Å². The maximum absolute atomic E-state index is 11.7. The zero-order chi connectivity index (χ0) is 13.0. The van der Waals surface area contributed by atoms with Gasteiger partial charge in [-0.25, -0.2) is 4.57 Å². The predicted molar refractivity (Wildman–Crippen MR) is 72.6 cm³/mol. The van der Waals surface area contributed by atoms with Crippen molar-refractivity contribution in [3.05, 3.63) is 59.7 Å². The molecule has 2 aromatic carbocycles. The van der Waals surface area contributed by atoms with Crippen LogP contribution in [0, 0.1) is 13.8 Å². The number of aryl methyl sites for hydroxylation is 2. The van der Waals surface area contributed by atoms with Crippen LogP contribution in [0.2, 0.25) is 0 Å². The van der Waals surface area contributed by atoms with E-state index in [2.05, 4.69) is 0 Å². The second-order valence-electron chi connectivity index (χ2n) is 4.08. The van der Waals surface area contributed by atoms with Crippen LogP contribution in [0.4, 0.5) is 0 Å². The van der Waals surface area contributed by atoms with Gasteiger partial charge in [0.05, 0.1) is 0 Å². The minimum Gasteiger partial charge on any atom is -0.418 e. The first-order valence-corrected chi connectivity index (χ1v) is 6.89. The second-order valence-corrected chi connectivity index (χ2v) is 4.99. The highest BCUT2D eigenvalue weighted by Gasteiger charge is 2.03. The Kier molecular flexibility index (Phi) is 4.06. The van der Waals surface area contributed by atoms with Gasteiger partial charge in [-0.05, 0) is 38.1 Å². The van der Waals surface area contributed by atoms with E-state index in [-0.39, 0.29) is 0 Å². The molecular weight excluding hydrogens is 247 g/mol. The molecule has 0 aromatic heterocycles. The molecule has 3 nitrogen and oxygen atoms in total. The third-order valence-electron chi connectivity index (χ3n) is 2.44. The monoisotopic (exact) mass is 262 g/mol. The van der Waals surface area contributed by atoms with Crippen molar-refractivity contribution in [1.82, 2.24) is 0 Å². The van der Waals surface area contributed by atoms with Gasteiger partial charge >= 0.3 is 8.25 Å². The first-order chi connectivity index (χ1) is 8.63. The van der Waals surface area contributed by atoms with Gasteiger partial charge in [-0.2, -0.15) is 0 Å². The normalized spacial score (nSPS) is 10.4. The summed E-state index contributed by atoms with van der Waals surface area (Å²) in [5, 5.41) is 0. The number of hydrogen-bond donors (Lipinski definition) is 0. The van der Waals surface area contributed by atoms with Crippen molar-refractivity contribution < 1.29 is 13.6 Å². The Morgan fingerprint density at radius 1 is 0.722 bits per heavy atom. The lowest BCUT2D eigenvalue weighted by Gasteiger charge is -2.08. The van der Waals surface area contributed by atoms with Crippen molar-refractivity contribution in [3.8, 4) is 11.5 Å². The average Bonchev–Trinajstić information content (AvgIpc) is 2.35. The molecule has 0 aliphatic heterocycles. The van der Waals surface area contributed by atoms with Crippen molar-refractivity contribution >= 4 is 8.25 Å². The summed E-state index contributed by atoms with van der Waals surface area (Å²) in [5.74, 6) is 1.10. The van der Waals surface area contributed by atoms with E-state index in [0.29, 0.717) is 11.5 Å². The molecule has 0 bridgehead atoms. The van der Waals surface area contributed by atoms with Crippen LogP contribution in [0.1, 0.15) is 11.1 Å². The molecule has 94 valence electrons. The van der Waals surface area contributed by atoms with E-state index in [1.165, 1.54) is 0 Å². The summed E-state index contributed by atoms with van der Waals surface area (Å²) in [6.07, 6.45) is 0. The van der Waals surface area contributed by atoms with Crippen molar-refractivity contribution in [2.45, 2.75) is 13.8 Å². The van der Waals surface area contributed by atoms with Crippen LogP contribution in [0.25, 0.3) is 0 Å². The molecule has 0 amide bonds. The number of rotatable bonds is 4. The Bertz CT molecular complexity index is 482. The van der Waals surface area contributed by atoms with E-state index < -0.39 is 8.25 Å². The average molecular weight is 262 g/mol. The van der Waals surface area contributed by atoms with Crippen LogP contribution >= 0.6 is 8.25 Å². The van der Waals surface area contributed by atoms with Gasteiger partial charge in [-0.3, -0.25) is 0 Å². The van der Waals surface area contributed by atoms with Crippen LogP contribution in [0.3, 0.4) is 0 Å². The predicted octanol–water partition coefficient (Wildman–Crippen LogP) is 4.15. The molecule has 0 aliphatic rings. The summed E-state index contributed by atoms with van der Waals surface area (Å²) in [5.41, 5.74) is 2.25. The van der Waals surface area contributed by atoms with Crippen LogP contribution in [-0.2, 0) is 4.57 Å². The van der Waals surface area contributed by atoms with Gasteiger partial charge in [0.15, 0.2) is 0 Å². The van der Waals surface area contributed by atoms with E-state index in [0.717, 1.165) is 11.1 Å². The topological polar surface area (TPSA) is 35.5 Å². The molecule has 2 rings (SSSR count). The van der Waals surface area contributed by atoms with Crippen LogP contribution in [0.5, 0.6) is 11.5 Å². The molecule has 0 radical (unpaired) electrons. The van der Waals surface area contributed by atoms with Crippen molar-refractivity contribution in [3.63, 3.8) is 0 Å².